The number of para-hydroxylation sites is 1. The van der Waals surface area contributed by atoms with E-state index in [-0.39, 0.29) is 25.1 Å². The van der Waals surface area contributed by atoms with Crippen molar-refractivity contribution in [2.75, 3.05) is 25.3 Å². The van der Waals surface area contributed by atoms with Crippen molar-refractivity contribution in [2.24, 2.45) is 0 Å². The third-order valence-electron chi connectivity index (χ3n) is 4.59. The molecule has 0 bridgehead atoms. The topological polar surface area (TPSA) is 120 Å². The van der Waals surface area contributed by atoms with E-state index in [2.05, 4.69) is 14.8 Å². The molecule has 1 unspecified atom stereocenters. The Labute approximate surface area is 205 Å². The van der Waals surface area contributed by atoms with E-state index in [1.54, 1.807) is 51.1 Å². The average Bonchev–Trinajstić information content (AvgIpc) is 2.75. The summed E-state index contributed by atoms with van der Waals surface area (Å²) in [5, 5.41) is 4.91. The molecule has 2 rings (SSSR count). The minimum atomic E-state index is -3.65. The van der Waals surface area contributed by atoms with Gasteiger partial charge in [-0.3, -0.25) is 8.98 Å². The van der Waals surface area contributed by atoms with Crippen molar-refractivity contribution >= 4 is 27.8 Å². The molecule has 2 aromatic rings. The zero-order valence-electron chi connectivity index (χ0n) is 20.4. The summed E-state index contributed by atoms with van der Waals surface area (Å²) in [6.07, 6.45) is 0.236. The maximum absolute atomic E-state index is 14.9. The van der Waals surface area contributed by atoms with Gasteiger partial charge in [-0.1, -0.05) is 24.3 Å². The van der Waals surface area contributed by atoms with E-state index in [9.17, 15) is 22.4 Å². The van der Waals surface area contributed by atoms with Crippen LogP contribution in [0.15, 0.2) is 42.5 Å². The Kier molecular flexibility index (Phi) is 9.61. The van der Waals surface area contributed by atoms with Gasteiger partial charge < -0.3 is 20.1 Å². The Morgan fingerprint density at radius 1 is 1.11 bits per heavy atom. The van der Waals surface area contributed by atoms with Gasteiger partial charge in [-0.25, -0.2) is 9.18 Å². The van der Waals surface area contributed by atoms with Crippen molar-refractivity contribution in [3.05, 3.63) is 48.3 Å². The third kappa shape index (κ3) is 9.53. The molecule has 0 saturated heterocycles. The summed E-state index contributed by atoms with van der Waals surface area (Å²) >= 11 is 0. The Morgan fingerprint density at radius 3 is 2.40 bits per heavy atom. The summed E-state index contributed by atoms with van der Waals surface area (Å²) in [5.41, 5.74) is 0.351. The number of halogens is 1. The highest BCUT2D eigenvalue weighted by Crippen LogP contribution is 2.31. The van der Waals surface area contributed by atoms with Crippen LogP contribution in [0.2, 0.25) is 0 Å². The van der Waals surface area contributed by atoms with Crippen molar-refractivity contribution in [2.45, 2.75) is 45.3 Å². The standard InChI is InChI=1S/C24H31FN2O7S/c1-24(2,3)34-23(29)27-20(10-8-14-33-35(5,30)31)22(28)26-19-13-12-16(15-18(19)25)17-9-6-7-11-21(17)32-4/h6-7,9,11-13,15,20H,8,10,14H2,1-5H3,(H,26,28)(H,27,29). The zero-order valence-corrected chi connectivity index (χ0v) is 21.2. The van der Waals surface area contributed by atoms with Gasteiger partial charge in [0.25, 0.3) is 10.1 Å². The van der Waals surface area contributed by atoms with Gasteiger partial charge in [-0.2, -0.15) is 8.42 Å². The van der Waals surface area contributed by atoms with Crippen LogP contribution in [0.1, 0.15) is 33.6 Å². The predicted molar refractivity (Wildman–Crippen MR) is 130 cm³/mol. The number of alkyl carbamates (subject to hydrolysis) is 1. The van der Waals surface area contributed by atoms with Crippen molar-refractivity contribution < 1.29 is 36.1 Å². The Morgan fingerprint density at radius 2 is 1.80 bits per heavy atom. The maximum atomic E-state index is 14.9. The molecular formula is C24H31FN2O7S. The highest BCUT2D eigenvalue weighted by atomic mass is 32.2. The smallest absolute Gasteiger partial charge is 0.408 e. The summed E-state index contributed by atoms with van der Waals surface area (Å²) in [7, 11) is -2.13. The van der Waals surface area contributed by atoms with Gasteiger partial charge in [-0.05, 0) is 57.4 Å². The zero-order chi connectivity index (χ0) is 26.2. The fourth-order valence-electron chi connectivity index (χ4n) is 3.10. The van der Waals surface area contributed by atoms with E-state index in [1.807, 2.05) is 0 Å². The van der Waals surface area contributed by atoms with E-state index < -0.39 is 39.6 Å². The molecule has 35 heavy (non-hydrogen) atoms. The van der Waals surface area contributed by atoms with Crippen LogP contribution in [0.4, 0.5) is 14.9 Å². The molecule has 0 aromatic heterocycles. The van der Waals surface area contributed by atoms with Gasteiger partial charge in [0, 0.05) is 5.56 Å². The second-order valence-electron chi connectivity index (χ2n) is 8.75. The molecular weight excluding hydrogens is 479 g/mol. The first kappa shape index (κ1) is 28.1. The molecule has 0 saturated carbocycles. The lowest BCUT2D eigenvalue weighted by molar-refractivity contribution is -0.118. The molecule has 192 valence electrons. The Bertz CT molecular complexity index is 1150. The van der Waals surface area contributed by atoms with Crippen molar-refractivity contribution in [3.63, 3.8) is 0 Å². The van der Waals surface area contributed by atoms with Gasteiger partial charge in [-0.15, -0.1) is 0 Å². The molecule has 0 heterocycles. The summed E-state index contributed by atoms with van der Waals surface area (Å²) in [6.45, 7) is 4.82. The average molecular weight is 511 g/mol. The summed E-state index contributed by atoms with van der Waals surface area (Å²) < 4.78 is 52.4. The number of rotatable bonds is 10. The minimum Gasteiger partial charge on any atom is -0.496 e. The molecule has 2 N–H and O–H groups in total. The molecule has 0 aliphatic heterocycles. The molecule has 1 atom stereocenters. The van der Waals surface area contributed by atoms with Crippen LogP contribution in [0, 0.1) is 5.82 Å². The quantitative estimate of drug-likeness (QED) is 0.365. The van der Waals surface area contributed by atoms with Crippen LogP contribution in [0.25, 0.3) is 11.1 Å². The molecule has 11 heteroatoms. The van der Waals surface area contributed by atoms with E-state index in [4.69, 9.17) is 9.47 Å². The van der Waals surface area contributed by atoms with E-state index in [1.165, 1.54) is 19.2 Å². The number of benzene rings is 2. The number of carbonyl (C=O) groups excluding carboxylic acids is 2. The number of hydrogen-bond donors (Lipinski definition) is 2. The van der Waals surface area contributed by atoms with Gasteiger partial charge in [0.15, 0.2) is 0 Å². The van der Waals surface area contributed by atoms with Crippen LogP contribution >= 0.6 is 0 Å². The van der Waals surface area contributed by atoms with Gasteiger partial charge in [0.2, 0.25) is 5.91 Å². The number of amides is 2. The molecule has 2 aromatic carbocycles. The number of nitrogens with one attached hydrogen (secondary N) is 2. The first-order valence-electron chi connectivity index (χ1n) is 10.9. The fraction of sp³-hybridized carbons (Fsp3) is 0.417. The summed E-state index contributed by atoms with van der Waals surface area (Å²) in [4.78, 5) is 25.1. The van der Waals surface area contributed by atoms with Gasteiger partial charge in [0.1, 0.15) is 23.2 Å². The van der Waals surface area contributed by atoms with Gasteiger partial charge in [0.05, 0.1) is 25.7 Å². The SMILES string of the molecule is COc1ccccc1-c1ccc(NC(=O)C(CCCOS(C)(=O)=O)NC(=O)OC(C)(C)C)c(F)c1. The lowest BCUT2D eigenvalue weighted by atomic mass is 10.0. The summed E-state index contributed by atoms with van der Waals surface area (Å²) in [5.74, 6) is -0.807. The first-order valence-corrected chi connectivity index (χ1v) is 12.7. The molecule has 0 spiro atoms. The van der Waals surface area contributed by atoms with Crippen LogP contribution < -0.4 is 15.4 Å². The first-order chi connectivity index (χ1) is 16.3. The van der Waals surface area contributed by atoms with E-state index in [0.717, 1.165) is 6.26 Å². The van der Waals surface area contributed by atoms with Crippen molar-refractivity contribution in [3.8, 4) is 16.9 Å². The maximum Gasteiger partial charge on any atom is 0.408 e. The van der Waals surface area contributed by atoms with Crippen LogP contribution in [-0.2, 0) is 23.8 Å². The van der Waals surface area contributed by atoms with Crippen LogP contribution in [0.5, 0.6) is 5.75 Å². The molecule has 0 aliphatic rings. The highest BCUT2D eigenvalue weighted by molar-refractivity contribution is 7.85. The third-order valence-corrected chi connectivity index (χ3v) is 5.18. The van der Waals surface area contributed by atoms with Crippen molar-refractivity contribution in [1.82, 2.24) is 5.32 Å². The lowest BCUT2D eigenvalue weighted by Crippen LogP contribution is -2.46. The van der Waals surface area contributed by atoms with Gasteiger partial charge >= 0.3 is 6.09 Å². The molecule has 9 nitrogen and oxygen atoms in total. The number of anilines is 1. The number of methoxy groups -OCH3 is 1. The monoisotopic (exact) mass is 510 g/mol. The minimum absolute atomic E-state index is 0.0293. The highest BCUT2D eigenvalue weighted by Gasteiger charge is 2.25. The predicted octanol–water partition coefficient (Wildman–Crippen LogP) is 4.09. The molecule has 0 radical (unpaired) electrons. The van der Waals surface area contributed by atoms with E-state index >= 15 is 0 Å². The second-order valence-corrected chi connectivity index (χ2v) is 10.4. The Balaban J connectivity index is 2.16. The largest absolute Gasteiger partial charge is 0.496 e. The van der Waals surface area contributed by atoms with E-state index in [0.29, 0.717) is 16.9 Å². The van der Waals surface area contributed by atoms with Crippen LogP contribution in [-0.4, -0.2) is 52.0 Å². The number of ether oxygens (including phenoxy) is 2. The Hall–Kier alpha value is -3.18. The normalized spacial score (nSPS) is 12.5. The number of carbonyl (C=O) groups is 2. The van der Waals surface area contributed by atoms with Crippen molar-refractivity contribution in [1.29, 1.82) is 0 Å². The number of hydrogen-bond acceptors (Lipinski definition) is 7. The molecule has 0 fully saturated rings. The molecule has 0 aliphatic carbocycles. The second kappa shape index (κ2) is 12.0. The fourth-order valence-corrected chi connectivity index (χ4v) is 3.52. The lowest BCUT2D eigenvalue weighted by Gasteiger charge is -2.23. The van der Waals surface area contributed by atoms with Crippen LogP contribution in [0.3, 0.4) is 0 Å². The molecule has 2 amide bonds. The summed E-state index contributed by atoms with van der Waals surface area (Å²) in [6, 6.07) is 10.3.